The normalized spacial score (nSPS) is 13.2. The second-order valence-corrected chi connectivity index (χ2v) is 15.0. The second kappa shape index (κ2) is 10.7. The molecule has 0 heterocycles. The lowest BCUT2D eigenvalue weighted by atomic mass is 10.1. The number of rotatable bonds is 12. The summed E-state index contributed by atoms with van der Waals surface area (Å²) in [6.07, 6.45) is 0. The van der Waals surface area contributed by atoms with E-state index in [0.717, 1.165) is 10.8 Å². The third-order valence-electron chi connectivity index (χ3n) is 5.41. The van der Waals surface area contributed by atoms with Gasteiger partial charge in [0.05, 0.1) is 0 Å². The molecule has 2 aromatic rings. The van der Waals surface area contributed by atoms with Crippen molar-refractivity contribution in [1.82, 2.24) is 0 Å². The molecular weight excluding hydrogens is 456 g/mol. The van der Waals surface area contributed by atoms with Gasteiger partial charge in [0.1, 0.15) is 0 Å². The van der Waals surface area contributed by atoms with Crippen LogP contribution < -0.4 is 15.6 Å². The first-order valence-corrected chi connectivity index (χ1v) is 14.6. The minimum Gasteiger partial charge on any atom is -0.373 e. The Morgan fingerprint density at radius 3 is 1.29 bits per heavy atom. The van der Waals surface area contributed by atoms with Gasteiger partial charge in [-0.2, -0.15) is 0 Å². The van der Waals surface area contributed by atoms with Crippen LogP contribution in [-0.2, 0) is 39.8 Å². The van der Waals surface area contributed by atoms with Gasteiger partial charge in [0, 0.05) is 79.5 Å². The minimum absolute atomic E-state index is 0.591. The summed E-state index contributed by atoms with van der Waals surface area (Å²) in [5.74, 6) is 0. The molecular formula is C19H32O9Si3. The number of fused-ring (bicyclic) bond motifs is 1. The summed E-state index contributed by atoms with van der Waals surface area (Å²) >= 11 is 0. The molecule has 0 fully saturated rings. The average molecular weight is 489 g/mol. The van der Waals surface area contributed by atoms with E-state index in [1.54, 1.807) is 42.7 Å². The van der Waals surface area contributed by atoms with E-state index in [-0.39, 0.29) is 0 Å². The Morgan fingerprint density at radius 1 is 0.484 bits per heavy atom. The molecule has 0 aliphatic heterocycles. The van der Waals surface area contributed by atoms with Gasteiger partial charge in [-0.1, -0.05) is 24.3 Å². The predicted molar refractivity (Wildman–Crippen MR) is 123 cm³/mol. The van der Waals surface area contributed by atoms with Crippen molar-refractivity contribution >= 4 is 52.7 Å². The van der Waals surface area contributed by atoms with Crippen LogP contribution in [0.25, 0.3) is 10.8 Å². The van der Waals surface area contributed by atoms with Gasteiger partial charge in [-0.05, 0) is 16.8 Å². The van der Waals surface area contributed by atoms with Crippen molar-refractivity contribution in [2.45, 2.75) is 0 Å². The molecule has 2 rings (SSSR count). The summed E-state index contributed by atoms with van der Waals surface area (Å²) in [7, 11) is 3.48. The zero-order valence-electron chi connectivity index (χ0n) is 19.6. The zero-order chi connectivity index (χ0) is 23.3. The first kappa shape index (κ1) is 26.2. The third-order valence-corrected chi connectivity index (χ3v) is 14.1. The fourth-order valence-corrected chi connectivity index (χ4v) is 11.9. The number of hydrogen-bond acceptors (Lipinski definition) is 9. The molecule has 0 aliphatic rings. The fraction of sp³-hybridized carbons (Fsp3) is 0.474. The quantitative estimate of drug-likeness (QED) is 0.386. The van der Waals surface area contributed by atoms with Gasteiger partial charge in [-0.15, -0.1) is 0 Å². The minimum atomic E-state index is -3.53. The Bertz CT molecular complexity index is 843. The maximum absolute atomic E-state index is 5.92. The molecule has 0 atom stereocenters. The van der Waals surface area contributed by atoms with Crippen molar-refractivity contribution in [3.63, 3.8) is 0 Å². The zero-order valence-corrected chi connectivity index (χ0v) is 22.6. The summed E-state index contributed by atoms with van der Waals surface area (Å²) in [5, 5.41) is 3.64. The average Bonchev–Trinajstić information content (AvgIpc) is 2.84. The highest BCUT2D eigenvalue weighted by Gasteiger charge is 2.58. The van der Waals surface area contributed by atoms with Crippen LogP contribution in [0.1, 0.15) is 0 Å². The maximum Gasteiger partial charge on any atom is 0.537 e. The first-order chi connectivity index (χ1) is 14.9. The molecule has 0 aliphatic carbocycles. The molecule has 0 bridgehead atoms. The first-order valence-electron chi connectivity index (χ1n) is 9.42. The molecule has 0 unspecified atom stereocenters. The standard InChI is InChI=1S/C19H32O9Si3/c1-20-29(21-2,22-3)17-14-15-12-10-11-13-16(15)18(30(23-4,24-5)25-6)19(17)31(26-7,27-8)28-9/h10-14H,1-9H3. The summed E-state index contributed by atoms with van der Waals surface area (Å²) in [5.41, 5.74) is 0. The van der Waals surface area contributed by atoms with Crippen molar-refractivity contribution in [3.05, 3.63) is 30.3 Å². The summed E-state index contributed by atoms with van der Waals surface area (Å²) < 4.78 is 53.0. The van der Waals surface area contributed by atoms with Crippen molar-refractivity contribution < 1.29 is 39.8 Å². The van der Waals surface area contributed by atoms with Crippen LogP contribution in [0.2, 0.25) is 0 Å². The molecule has 12 heteroatoms. The SMILES string of the molecule is CO[Si](OC)(OC)c1cc2ccccc2c([Si](OC)(OC)OC)c1[Si](OC)(OC)OC. The summed E-state index contributed by atoms with van der Waals surface area (Å²) in [4.78, 5) is 0. The number of benzene rings is 2. The molecule has 0 radical (unpaired) electrons. The van der Waals surface area contributed by atoms with Crippen LogP contribution >= 0.6 is 0 Å². The van der Waals surface area contributed by atoms with Gasteiger partial charge in [0.25, 0.3) is 0 Å². The largest absolute Gasteiger partial charge is 0.537 e. The van der Waals surface area contributed by atoms with Gasteiger partial charge < -0.3 is 39.8 Å². The van der Waals surface area contributed by atoms with Gasteiger partial charge in [0.15, 0.2) is 0 Å². The molecule has 0 spiro atoms. The molecule has 9 nitrogen and oxygen atoms in total. The van der Waals surface area contributed by atoms with Crippen molar-refractivity contribution in [2.24, 2.45) is 0 Å². The van der Waals surface area contributed by atoms with Crippen LogP contribution in [-0.4, -0.2) is 90.4 Å². The molecule has 0 saturated carbocycles. The highest BCUT2D eigenvalue weighted by atomic mass is 28.4. The Hall–Kier alpha value is -1.01. The van der Waals surface area contributed by atoms with Crippen LogP contribution in [0, 0.1) is 0 Å². The maximum atomic E-state index is 5.92. The van der Waals surface area contributed by atoms with Gasteiger partial charge in [-0.3, -0.25) is 0 Å². The van der Waals surface area contributed by atoms with Crippen molar-refractivity contribution in [2.75, 3.05) is 64.0 Å². The lowest BCUT2D eigenvalue weighted by Crippen LogP contribution is -2.77. The monoisotopic (exact) mass is 488 g/mol. The van der Waals surface area contributed by atoms with E-state index < -0.39 is 26.4 Å². The fourth-order valence-electron chi connectivity index (χ4n) is 3.92. The molecule has 2 aromatic carbocycles. The molecule has 0 aromatic heterocycles. The molecule has 31 heavy (non-hydrogen) atoms. The number of hydrogen-bond donors (Lipinski definition) is 0. The van der Waals surface area contributed by atoms with E-state index in [1.165, 1.54) is 21.3 Å². The molecule has 174 valence electrons. The lowest BCUT2D eigenvalue weighted by molar-refractivity contribution is 0.132. The highest BCUT2D eigenvalue weighted by Crippen LogP contribution is 2.21. The predicted octanol–water partition coefficient (Wildman–Crippen LogP) is 0.0951. The van der Waals surface area contributed by atoms with E-state index in [4.69, 9.17) is 39.8 Å². The van der Waals surface area contributed by atoms with Crippen LogP contribution in [0.5, 0.6) is 0 Å². The Kier molecular flexibility index (Phi) is 9.09. The smallest absolute Gasteiger partial charge is 0.373 e. The Morgan fingerprint density at radius 2 is 0.871 bits per heavy atom. The Balaban J connectivity index is 3.27. The Labute approximate surface area is 187 Å². The van der Waals surface area contributed by atoms with Gasteiger partial charge >= 0.3 is 26.4 Å². The van der Waals surface area contributed by atoms with Gasteiger partial charge in [-0.25, -0.2) is 0 Å². The topological polar surface area (TPSA) is 83.1 Å². The van der Waals surface area contributed by atoms with Crippen LogP contribution in [0.15, 0.2) is 30.3 Å². The van der Waals surface area contributed by atoms with Crippen molar-refractivity contribution in [1.29, 1.82) is 0 Å². The molecule has 0 N–H and O–H groups in total. The molecule has 0 amide bonds. The van der Waals surface area contributed by atoms with Crippen molar-refractivity contribution in [3.8, 4) is 0 Å². The lowest BCUT2D eigenvalue weighted by Gasteiger charge is -2.37. The third kappa shape index (κ3) is 4.19. The second-order valence-electron chi connectivity index (χ2n) is 6.40. The van der Waals surface area contributed by atoms with E-state index in [9.17, 15) is 0 Å². The summed E-state index contributed by atoms with van der Waals surface area (Å²) in [6, 6.07) is 9.76. The molecule has 0 saturated heterocycles. The highest BCUT2D eigenvalue weighted by molar-refractivity contribution is 6.93. The van der Waals surface area contributed by atoms with E-state index >= 15 is 0 Å². The van der Waals surface area contributed by atoms with Crippen LogP contribution in [0.4, 0.5) is 0 Å². The van der Waals surface area contributed by atoms with Crippen LogP contribution in [0.3, 0.4) is 0 Å². The summed E-state index contributed by atoms with van der Waals surface area (Å²) in [6.45, 7) is 0. The van der Waals surface area contributed by atoms with E-state index in [0.29, 0.717) is 15.6 Å². The van der Waals surface area contributed by atoms with E-state index in [2.05, 4.69) is 0 Å². The van der Waals surface area contributed by atoms with E-state index in [1.807, 2.05) is 30.3 Å². The van der Waals surface area contributed by atoms with Gasteiger partial charge in [0.2, 0.25) is 0 Å².